The fraction of sp³-hybridized carbons (Fsp3) is 0.533. The van der Waals surface area contributed by atoms with Gasteiger partial charge in [-0.05, 0) is 25.0 Å². The molecular formula is C15H23N3O3S. The number of benzene rings is 1. The Balaban J connectivity index is 1.76. The molecule has 0 spiro atoms. The van der Waals surface area contributed by atoms with E-state index in [9.17, 15) is 8.42 Å². The Hall–Kier alpha value is -1.60. The van der Waals surface area contributed by atoms with E-state index in [0.29, 0.717) is 23.9 Å². The largest absolute Gasteiger partial charge is 0.376 e. The lowest BCUT2D eigenvalue weighted by Gasteiger charge is -2.15. The highest BCUT2D eigenvalue weighted by atomic mass is 32.2. The molecule has 0 aliphatic carbocycles. The molecule has 2 rings (SSSR count). The molecule has 122 valence electrons. The van der Waals surface area contributed by atoms with Crippen molar-refractivity contribution >= 4 is 15.8 Å². The van der Waals surface area contributed by atoms with Crippen molar-refractivity contribution in [1.29, 1.82) is 0 Å². The molecule has 1 aliphatic rings. The molecule has 0 bridgehead atoms. The van der Waals surface area contributed by atoms with Gasteiger partial charge >= 0.3 is 0 Å². The maximum Gasteiger partial charge on any atom is 0.191 e. The summed E-state index contributed by atoms with van der Waals surface area (Å²) in [5.74, 6) is 0.622. The van der Waals surface area contributed by atoms with Crippen LogP contribution in [-0.2, 0) is 14.6 Å². The highest BCUT2D eigenvalue weighted by Gasteiger charge is 2.16. The second-order valence-electron chi connectivity index (χ2n) is 5.15. The van der Waals surface area contributed by atoms with E-state index in [1.807, 2.05) is 0 Å². The van der Waals surface area contributed by atoms with Gasteiger partial charge in [0.15, 0.2) is 15.8 Å². The maximum absolute atomic E-state index is 12.1. The number of sulfone groups is 1. The van der Waals surface area contributed by atoms with E-state index in [1.165, 1.54) is 0 Å². The number of guanidine groups is 1. The third-order valence-corrected chi connectivity index (χ3v) is 5.24. The van der Waals surface area contributed by atoms with Gasteiger partial charge in [0, 0.05) is 26.7 Å². The third-order valence-electron chi connectivity index (χ3n) is 3.51. The molecule has 7 heteroatoms. The molecule has 1 heterocycles. The quantitative estimate of drug-likeness (QED) is 0.597. The molecule has 6 nitrogen and oxygen atoms in total. The van der Waals surface area contributed by atoms with Crippen molar-refractivity contribution in [1.82, 2.24) is 10.6 Å². The van der Waals surface area contributed by atoms with Crippen LogP contribution in [0.1, 0.15) is 12.8 Å². The molecule has 0 aromatic heterocycles. The molecule has 0 radical (unpaired) electrons. The van der Waals surface area contributed by atoms with Gasteiger partial charge in [0.2, 0.25) is 0 Å². The maximum atomic E-state index is 12.1. The van der Waals surface area contributed by atoms with Crippen molar-refractivity contribution in [3.05, 3.63) is 30.3 Å². The van der Waals surface area contributed by atoms with E-state index in [4.69, 9.17) is 4.74 Å². The van der Waals surface area contributed by atoms with Crippen LogP contribution in [0.25, 0.3) is 0 Å². The number of ether oxygens (including phenoxy) is 1. The van der Waals surface area contributed by atoms with E-state index in [1.54, 1.807) is 37.4 Å². The average molecular weight is 325 g/mol. The first-order valence-electron chi connectivity index (χ1n) is 7.46. The first-order chi connectivity index (χ1) is 10.6. The molecule has 0 amide bonds. The number of hydrogen-bond acceptors (Lipinski definition) is 4. The van der Waals surface area contributed by atoms with Crippen LogP contribution in [0.3, 0.4) is 0 Å². The summed E-state index contributed by atoms with van der Waals surface area (Å²) >= 11 is 0. The molecule has 0 saturated carbocycles. The number of nitrogens with zero attached hydrogens (tertiary/aromatic N) is 1. The Bertz CT molecular complexity index is 581. The van der Waals surface area contributed by atoms with Crippen LogP contribution in [0, 0.1) is 0 Å². The number of nitrogens with one attached hydrogen (secondary N) is 2. The third kappa shape index (κ3) is 4.99. The summed E-state index contributed by atoms with van der Waals surface area (Å²) in [5.41, 5.74) is 0. The molecule has 1 aliphatic heterocycles. The Morgan fingerprint density at radius 3 is 2.73 bits per heavy atom. The number of rotatable bonds is 6. The van der Waals surface area contributed by atoms with Crippen molar-refractivity contribution in [2.75, 3.05) is 32.5 Å². The highest BCUT2D eigenvalue weighted by molar-refractivity contribution is 7.91. The smallest absolute Gasteiger partial charge is 0.191 e. The Kier molecular flexibility index (Phi) is 6.21. The highest BCUT2D eigenvalue weighted by Crippen LogP contribution is 2.10. The summed E-state index contributed by atoms with van der Waals surface area (Å²) in [6, 6.07) is 8.47. The fourth-order valence-corrected chi connectivity index (χ4v) is 3.46. The van der Waals surface area contributed by atoms with Gasteiger partial charge in [0.25, 0.3) is 0 Å². The molecular weight excluding hydrogens is 302 g/mol. The molecule has 1 aromatic rings. The summed E-state index contributed by atoms with van der Waals surface area (Å²) < 4.78 is 29.8. The van der Waals surface area contributed by atoms with Crippen LogP contribution in [0.15, 0.2) is 40.2 Å². The first kappa shape index (κ1) is 16.8. The SMILES string of the molecule is CN=C(NCCS(=O)(=O)c1ccccc1)NCC1CCCO1. The van der Waals surface area contributed by atoms with Crippen LogP contribution < -0.4 is 10.6 Å². The molecule has 22 heavy (non-hydrogen) atoms. The summed E-state index contributed by atoms with van der Waals surface area (Å²) in [6.07, 6.45) is 2.35. The van der Waals surface area contributed by atoms with Crippen molar-refractivity contribution in [2.24, 2.45) is 4.99 Å². The summed E-state index contributed by atoms with van der Waals surface area (Å²) in [7, 11) is -1.60. The van der Waals surface area contributed by atoms with Crippen molar-refractivity contribution in [2.45, 2.75) is 23.8 Å². The van der Waals surface area contributed by atoms with Crippen LogP contribution in [0.5, 0.6) is 0 Å². The average Bonchev–Trinajstić information content (AvgIpc) is 3.05. The van der Waals surface area contributed by atoms with Gasteiger partial charge in [-0.2, -0.15) is 0 Å². The lowest BCUT2D eigenvalue weighted by atomic mass is 10.2. The van der Waals surface area contributed by atoms with Crippen LogP contribution in [0.4, 0.5) is 0 Å². The molecule has 1 saturated heterocycles. The minimum atomic E-state index is -3.26. The van der Waals surface area contributed by atoms with Crippen LogP contribution in [0.2, 0.25) is 0 Å². The zero-order valence-corrected chi connectivity index (χ0v) is 13.6. The van der Waals surface area contributed by atoms with E-state index in [2.05, 4.69) is 15.6 Å². The van der Waals surface area contributed by atoms with E-state index >= 15 is 0 Å². The lowest BCUT2D eigenvalue weighted by Crippen LogP contribution is -2.42. The van der Waals surface area contributed by atoms with Crippen molar-refractivity contribution in [3.63, 3.8) is 0 Å². The van der Waals surface area contributed by atoms with Crippen LogP contribution in [-0.4, -0.2) is 53.0 Å². The van der Waals surface area contributed by atoms with Crippen LogP contribution >= 0.6 is 0 Å². The second-order valence-corrected chi connectivity index (χ2v) is 7.26. The fourth-order valence-electron chi connectivity index (χ4n) is 2.29. The molecule has 1 atom stereocenters. The van der Waals surface area contributed by atoms with Gasteiger partial charge in [-0.15, -0.1) is 0 Å². The molecule has 1 aromatic carbocycles. The van der Waals surface area contributed by atoms with Gasteiger partial charge in [-0.25, -0.2) is 8.42 Å². The van der Waals surface area contributed by atoms with Gasteiger partial charge < -0.3 is 15.4 Å². The predicted octanol–water partition coefficient (Wildman–Crippen LogP) is 0.804. The Morgan fingerprint density at radius 2 is 2.09 bits per heavy atom. The second kappa shape index (κ2) is 8.14. The standard InChI is InChI=1S/C15H23N3O3S/c1-16-15(18-12-13-6-5-10-21-13)17-9-11-22(19,20)14-7-3-2-4-8-14/h2-4,7-8,13H,5-6,9-12H2,1H3,(H2,16,17,18). The zero-order chi connectivity index (χ0) is 15.8. The first-order valence-corrected chi connectivity index (χ1v) is 9.11. The van der Waals surface area contributed by atoms with E-state index in [0.717, 1.165) is 19.4 Å². The van der Waals surface area contributed by atoms with Crippen molar-refractivity contribution in [3.8, 4) is 0 Å². The van der Waals surface area contributed by atoms with E-state index in [-0.39, 0.29) is 11.9 Å². The van der Waals surface area contributed by atoms with E-state index < -0.39 is 9.84 Å². The topological polar surface area (TPSA) is 79.8 Å². The van der Waals surface area contributed by atoms with Gasteiger partial charge in [-0.1, -0.05) is 18.2 Å². The predicted molar refractivity (Wildman–Crippen MR) is 86.8 cm³/mol. The summed E-state index contributed by atoms with van der Waals surface area (Å²) in [6.45, 7) is 1.81. The molecule has 1 fully saturated rings. The lowest BCUT2D eigenvalue weighted by molar-refractivity contribution is 0.114. The monoisotopic (exact) mass is 325 g/mol. The Labute approximate surface area is 131 Å². The molecule has 1 unspecified atom stereocenters. The number of aliphatic imine (C=N–C) groups is 1. The minimum Gasteiger partial charge on any atom is -0.376 e. The van der Waals surface area contributed by atoms with Gasteiger partial charge in [-0.3, -0.25) is 4.99 Å². The summed E-state index contributed by atoms with van der Waals surface area (Å²) in [4.78, 5) is 4.43. The minimum absolute atomic E-state index is 0.0254. The molecule has 2 N–H and O–H groups in total. The summed E-state index contributed by atoms with van der Waals surface area (Å²) in [5, 5.41) is 6.18. The number of hydrogen-bond donors (Lipinski definition) is 2. The van der Waals surface area contributed by atoms with Gasteiger partial charge in [0.1, 0.15) is 0 Å². The van der Waals surface area contributed by atoms with Gasteiger partial charge in [0.05, 0.1) is 16.8 Å². The Morgan fingerprint density at radius 1 is 1.32 bits per heavy atom. The zero-order valence-electron chi connectivity index (χ0n) is 12.8. The van der Waals surface area contributed by atoms with Crippen molar-refractivity contribution < 1.29 is 13.2 Å². The normalized spacial score (nSPS) is 19.1.